The molecule has 0 aromatic rings. The predicted octanol–water partition coefficient (Wildman–Crippen LogP) is 1.98. The van der Waals surface area contributed by atoms with E-state index in [0.29, 0.717) is 0 Å². The molecular formula is C15H25NO4S. The lowest BCUT2D eigenvalue weighted by Crippen LogP contribution is -2.57. The molecule has 6 heteroatoms. The van der Waals surface area contributed by atoms with E-state index in [1.54, 1.807) is 0 Å². The van der Waals surface area contributed by atoms with Crippen LogP contribution in [0.15, 0.2) is 0 Å². The van der Waals surface area contributed by atoms with Crippen LogP contribution < -0.4 is 4.72 Å². The number of rotatable bonds is 5. The maximum absolute atomic E-state index is 12.2. The number of carboxylic acid groups (broad SMARTS) is 1. The Morgan fingerprint density at radius 3 is 1.90 bits per heavy atom. The average molecular weight is 315 g/mol. The van der Waals surface area contributed by atoms with Crippen molar-refractivity contribution in [3.63, 3.8) is 0 Å². The summed E-state index contributed by atoms with van der Waals surface area (Å²) in [7, 11) is -3.80. The lowest BCUT2D eigenvalue weighted by atomic mass is 9.48. The number of carbonyl (C=O) groups is 1. The molecule has 2 N–H and O–H groups in total. The van der Waals surface area contributed by atoms with E-state index < -0.39 is 21.2 Å². The highest BCUT2D eigenvalue weighted by Crippen LogP contribution is 2.61. The number of nitrogens with one attached hydrogen (secondary N) is 1. The molecule has 4 saturated carbocycles. The molecule has 2 atom stereocenters. The second-order valence-electron chi connectivity index (χ2n) is 7.64. The molecular weight excluding hydrogens is 290 g/mol. The fourth-order valence-corrected chi connectivity index (χ4v) is 6.53. The highest BCUT2D eigenvalue weighted by atomic mass is 32.2. The molecule has 120 valence electrons. The van der Waals surface area contributed by atoms with Crippen molar-refractivity contribution in [1.29, 1.82) is 0 Å². The number of aliphatic carboxylic acids is 1. The van der Waals surface area contributed by atoms with Crippen molar-refractivity contribution in [1.82, 2.24) is 4.72 Å². The zero-order valence-electron chi connectivity index (χ0n) is 12.7. The third-order valence-corrected chi connectivity index (χ3v) is 7.97. The normalized spacial score (nSPS) is 41.0. The van der Waals surface area contributed by atoms with Crippen molar-refractivity contribution in [2.75, 3.05) is 0 Å². The SMILES string of the molecule is CC(NS(=O)(=O)C(C)C(=O)O)C12CC3CC(CC(C3)C1)C2. The molecule has 0 saturated heterocycles. The van der Waals surface area contributed by atoms with Crippen LogP contribution in [-0.2, 0) is 14.8 Å². The number of carboxylic acids is 1. The first-order valence-corrected chi connectivity index (χ1v) is 9.50. The molecule has 0 spiro atoms. The first kappa shape index (κ1) is 15.3. The summed E-state index contributed by atoms with van der Waals surface area (Å²) in [4.78, 5) is 11.0. The van der Waals surface area contributed by atoms with Gasteiger partial charge < -0.3 is 5.11 Å². The fraction of sp³-hybridized carbons (Fsp3) is 0.933. The first-order valence-electron chi connectivity index (χ1n) is 7.96. The molecule has 4 fully saturated rings. The Bertz CT molecular complexity index is 507. The van der Waals surface area contributed by atoms with Gasteiger partial charge in [-0.05, 0) is 75.5 Å². The molecule has 4 aliphatic carbocycles. The van der Waals surface area contributed by atoms with E-state index in [2.05, 4.69) is 4.72 Å². The van der Waals surface area contributed by atoms with E-state index in [-0.39, 0.29) is 11.5 Å². The third-order valence-electron chi connectivity index (χ3n) is 6.16. The van der Waals surface area contributed by atoms with E-state index in [1.165, 1.54) is 26.2 Å². The maximum atomic E-state index is 12.2. The fourth-order valence-electron chi connectivity index (χ4n) is 5.31. The number of hydrogen-bond acceptors (Lipinski definition) is 3. The Kier molecular flexibility index (Phi) is 3.60. The van der Waals surface area contributed by atoms with Crippen LogP contribution >= 0.6 is 0 Å². The van der Waals surface area contributed by atoms with Gasteiger partial charge in [-0.15, -0.1) is 0 Å². The van der Waals surface area contributed by atoms with E-state index >= 15 is 0 Å². The third kappa shape index (κ3) is 2.61. The topological polar surface area (TPSA) is 83.5 Å². The van der Waals surface area contributed by atoms with Crippen LogP contribution in [0.4, 0.5) is 0 Å². The van der Waals surface area contributed by atoms with E-state index in [9.17, 15) is 13.2 Å². The molecule has 0 heterocycles. The molecule has 0 aromatic carbocycles. The molecule has 0 aromatic heterocycles. The molecule has 21 heavy (non-hydrogen) atoms. The lowest BCUT2D eigenvalue weighted by molar-refractivity contribution is -0.136. The molecule has 0 radical (unpaired) electrons. The van der Waals surface area contributed by atoms with Crippen LogP contribution in [0.1, 0.15) is 52.4 Å². The van der Waals surface area contributed by atoms with Crippen LogP contribution in [0, 0.1) is 23.2 Å². The predicted molar refractivity (Wildman–Crippen MR) is 79.2 cm³/mol. The highest BCUT2D eigenvalue weighted by molar-refractivity contribution is 7.90. The summed E-state index contributed by atoms with van der Waals surface area (Å²) in [6, 6.07) is -0.169. The van der Waals surface area contributed by atoms with Gasteiger partial charge >= 0.3 is 5.97 Å². The average Bonchev–Trinajstić information content (AvgIpc) is 2.35. The quantitative estimate of drug-likeness (QED) is 0.812. The summed E-state index contributed by atoms with van der Waals surface area (Å²) < 4.78 is 27.1. The van der Waals surface area contributed by atoms with Gasteiger partial charge in [0, 0.05) is 6.04 Å². The summed E-state index contributed by atoms with van der Waals surface area (Å²) in [5.41, 5.74) is 0.0556. The molecule has 5 nitrogen and oxygen atoms in total. The van der Waals surface area contributed by atoms with Crippen LogP contribution in [0.25, 0.3) is 0 Å². The minimum absolute atomic E-state index is 0.0556. The molecule has 4 aliphatic rings. The number of hydrogen-bond donors (Lipinski definition) is 2. The van der Waals surface area contributed by atoms with Crippen LogP contribution in [0.2, 0.25) is 0 Å². The Balaban J connectivity index is 1.76. The van der Waals surface area contributed by atoms with E-state index in [0.717, 1.165) is 37.0 Å². The Hall–Kier alpha value is -0.620. The Labute approximate surface area is 126 Å². The molecule has 4 rings (SSSR count). The monoisotopic (exact) mass is 315 g/mol. The summed E-state index contributed by atoms with van der Waals surface area (Å²) in [5, 5.41) is 7.55. The van der Waals surface area contributed by atoms with Crippen LogP contribution in [0.3, 0.4) is 0 Å². The van der Waals surface area contributed by atoms with Gasteiger partial charge in [-0.1, -0.05) is 0 Å². The van der Waals surface area contributed by atoms with E-state index in [1.807, 2.05) is 6.92 Å². The van der Waals surface area contributed by atoms with Gasteiger partial charge in [-0.2, -0.15) is 0 Å². The summed E-state index contributed by atoms with van der Waals surface area (Å²) in [6.07, 6.45) is 7.23. The van der Waals surface area contributed by atoms with Gasteiger partial charge in [-0.3, -0.25) is 4.79 Å². The van der Waals surface area contributed by atoms with Gasteiger partial charge in [0.05, 0.1) is 0 Å². The molecule has 0 amide bonds. The zero-order chi connectivity index (χ0) is 15.4. The molecule has 2 unspecified atom stereocenters. The minimum atomic E-state index is -3.80. The zero-order valence-corrected chi connectivity index (χ0v) is 13.5. The van der Waals surface area contributed by atoms with Crippen LogP contribution in [0.5, 0.6) is 0 Å². The maximum Gasteiger partial charge on any atom is 0.323 e. The van der Waals surface area contributed by atoms with Gasteiger partial charge in [0.25, 0.3) is 0 Å². The summed E-state index contributed by atoms with van der Waals surface area (Å²) >= 11 is 0. The smallest absolute Gasteiger partial charge is 0.323 e. The summed E-state index contributed by atoms with van der Waals surface area (Å²) in [5.74, 6) is 0.959. The summed E-state index contributed by atoms with van der Waals surface area (Å²) in [6.45, 7) is 3.16. The number of sulfonamides is 1. The Morgan fingerprint density at radius 1 is 1.10 bits per heavy atom. The second kappa shape index (κ2) is 4.95. The van der Waals surface area contributed by atoms with E-state index in [4.69, 9.17) is 5.11 Å². The van der Waals surface area contributed by atoms with Crippen molar-refractivity contribution in [2.45, 2.75) is 63.7 Å². The van der Waals surface area contributed by atoms with Crippen molar-refractivity contribution in [3.05, 3.63) is 0 Å². The van der Waals surface area contributed by atoms with Gasteiger partial charge in [0.15, 0.2) is 5.25 Å². The first-order chi connectivity index (χ1) is 9.72. The molecule has 4 bridgehead atoms. The standard InChI is InChI=1S/C15H25NO4S/c1-9(14(17)18)21(19,20)16-10(2)15-6-11-3-12(7-15)5-13(4-11)8-15/h9-13,16H,3-8H2,1-2H3,(H,17,18). The second-order valence-corrected chi connectivity index (χ2v) is 9.68. The minimum Gasteiger partial charge on any atom is -0.480 e. The van der Waals surface area contributed by atoms with Gasteiger partial charge in [0.2, 0.25) is 10.0 Å². The van der Waals surface area contributed by atoms with Crippen molar-refractivity contribution in [2.24, 2.45) is 23.2 Å². The largest absolute Gasteiger partial charge is 0.480 e. The van der Waals surface area contributed by atoms with Crippen molar-refractivity contribution < 1.29 is 18.3 Å². The highest BCUT2D eigenvalue weighted by Gasteiger charge is 2.53. The lowest BCUT2D eigenvalue weighted by Gasteiger charge is -2.59. The molecule has 0 aliphatic heterocycles. The van der Waals surface area contributed by atoms with Crippen LogP contribution in [-0.4, -0.2) is 30.8 Å². The van der Waals surface area contributed by atoms with Crippen molar-refractivity contribution in [3.8, 4) is 0 Å². The van der Waals surface area contributed by atoms with Gasteiger partial charge in [-0.25, -0.2) is 13.1 Å². The van der Waals surface area contributed by atoms with Crippen molar-refractivity contribution >= 4 is 16.0 Å². The van der Waals surface area contributed by atoms with Gasteiger partial charge in [0.1, 0.15) is 0 Å². The Morgan fingerprint density at radius 2 is 1.52 bits per heavy atom.